The molecule has 0 aliphatic rings. The molecule has 0 spiro atoms. The molecule has 0 heterocycles. The third kappa shape index (κ3) is 18.3. The summed E-state index contributed by atoms with van der Waals surface area (Å²) < 4.78 is 0. The zero-order valence-electron chi connectivity index (χ0n) is 8.68. The van der Waals surface area contributed by atoms with Gasteiger partial charge in [-0.05, 0) is 0 Å². The molecule has 0 saturated heterocycles. The summed E-state index contributed by atoms with van der Waals surface area (Å²) in [6.45, 7) is 0. The summed E-state index contributed by atoms with van der Waals surface area (Å²) in [7, 11) is 0. The van der Waals surface area contributed by atoms with E-state index in [0.29, 0.717) is 0 Å². The Morgan fingerprint density at radius 1 is 0.750 bits per heavy atom. The van der Waals surface area contributed by atoms with Crippen LogP contribution in [0.4, 0.5) is 0 Å². The average molecular weight is 298 g/mol. The van der Waals surface area contributed by atoms with Crippen molar-refractivity contribution in [2.24, 2.45) is 0 Å². The monoisotopic (exact) mass is 298 g/mol. The molecule has 0 aromatic rings. The first kappa shape index (κ1) is 43.0. The second-order valence-electron chi connectivity index (χ2n) is 1.53. The van der Waals surface area contributed by atoms with Gasteiger partial charge in [0, 0.05) is 0 Å². The number of aliphatic hydroxyl groups is 2. The minimum Gasteiger partial charge on any atom is -0.547 e. The Balaban J connectivity index is -0.0000000270. The SMILES string of the molecule is O.O.O.O.O=C([O-])C(O)C(O)C(=O)[O-].[K+].[K+]. The number of aliphatic carboxylic acids is 2. The van der Waals surface area contributed by atoms with E-state index < -0.39 is 24.1 Å². The molecule has 2 atom stereocenters. The predicted molar refractivity (Wildman–Crippen MR) is 36.5 cm³/mol. The minimum atomic E-state index is -2.44. The van der Waals surface area contributed by atoms with Crippen molar-refractivity contribution in [2.75, 3.05) is 0 Å². The first-order chi connectivity index (χ1) is 4.46. The summed E-state index contributed by atoms with van der Waals surface area (Å²) in [4.78, 5) is 19.3. The van der Waals surface area contributed by atoms with Crippen LogP contribution in [0.2, 0.25) is 0 Å². The van der Waals surface area contributed by atoms with Gasteiger partial charge in [0.2, 0.25) is 0 Å². The van der Waals surface area contributed by atoms with Crippen LogP contribution in [0, 0.1) is 0 Å². The fourth-order valence-electron chi connectivity index (χ4n) is 0.258. The number of rotatable bonds is 3. The van der Waals surface area contributed by atoms with E-state index in [9.17, 15) is 19.8 Å². The molecule has 0 aliphatic heterocycles. The number of carboxylic acid groups (broad SMARTS) is 2. The quantitative estimate of drug-likeness (QED) is 0.478. The molecule has 10 N–H and O–H groups in total. The maximum Gasteiger partial charge on any atom is 1.00 e. The summed E-state index contributed by atoms with van der Waals surface area (Å²) in [6, 6.07) is 0. The Morgan fingerprint density at radius 3 is 0.938 bits per heavy atom. The van der Waals surface area contributed by atoms with Gasteiger partial charge in [-0.3, -0.25) is 0 Å². The molecule has 90 valence electrons. The second kappa shape index (κ2) is 22.2. The molecule has 16 heavy (non-hydrogen) atoms. The molecule has 0 rings (SSSR count). The molecule has 0 fully saturated rings. The van der Waals surface area contributed by atoms with Gasteiger partial charge in [0.05, 0.1) is 11.9 Å². The van der Waals surface area contributed by atoms with Crippen LogP contribution in [0.3, 0.4) is 0 Å². The molecular weight excluding hydrogens is 286 g/mol. The largest absolute Gasteiger partial charge is 1.00 e. The third-order valence-electron chi connectivity index (χ3n) is 0.782. The standard InChI is InChI=1S/C4H6O6.2K.4H2O/c5-1(3(7)8)2(6)4(9)10;;;;;;/h1-2,5-6H,(H,7,8)(H,9,10);;;4*1H2/q;2*+1;;;;/p-2. The Kier molecular flexibility index (Phi) is 59.6. The zero-order valence-corrected chi connectivity index (χ0v) is 14.9. The second-order valence-corrected chi connectivity index (χ2v) is 1.53. The van der Waals surface area contributed by atoms with E-state index in [0.717, 1.165) is 0 Å². The maximum atomic E-state index is 9.63. The number of aliphatic hydroxyl groups excluding tert-OH is 2. The van der Waals surface area contributed by atoms with Gasteiger partial charge >= 0.3 is 103 Å². The van der Waals surface area contributed by atoms with E-state index in [1.165, 1.54) is 0 Å². The molecule has 0 bridgehead atoms. The van der Waals surface area contributed by atoms with Crippen LogP contribution >= 0.6 is 0 Å². The van der Waals surface area contributed by atoms with Crippen LogP contribution in [-0.2, 0) is 9.59 Å². The van der Waals surface area contributed by atoms with Crippen molar-refractivity contribution in [2.45, 2.75) is 12.2 Å². The fourth-order valence-corrected chi connectivity index (χ4v) is 0.258. The molecule has 0 radical (unpaired) electrons. The number of carboxylic acids is 2. The summed E-state index contributed by atoms with van der Waals surface area (Å²) in [6.07, 6.45) is -4.88. The molecule has 0 aromatic carbocycles. The van der Waals surface area contributed by atoms with Gasteiger partial charge < -0.3 is 51.9 Å². The van der Waals surface area contributed by atoms with E-state index in [2.05, 4.69) is 0 Å². The predicted octanol–water partition coefficient (Wildman–Crippen LogP) is -14.1. The number of hydrogen-bond acceptors (Lipinski definition) is 6. The molecule has 12 heteroatoms. The van der Waals surface area contributed by atoms with Gasteiger partial charge in [-0.1, -0.05) is 0 Å². The van der Waals surface area contributed by atoms with E-state index in [1.807, 2.05) is 0 Å². The normalized spacial score (nSPS) is 9.88. The number of hydrogen-bond donors (Lipinski definition) is 2. The van der Waals surface area contributed by atoms with Crippen LogP contribution in [0.1, 0.15) is 0 Å². The summed E-state index contributed by atoms with van der Waals surface area (Å²) in [5.74, 6) is -4.12. The van der Waals surface area contributed by atoms with Crippen LogP contribution in [-0.4, -0.2) is 56.3 Å². The molecule has 0 aromatic heterocycles. The molecular formula is C4H12K2O10. The van der Waals surface area contributed by atoms with Crippen molar-refractivity contribution >= 4 is 11.9 Å². The third-order valence-corrected chi connectivity index (χ3v) is 0.782. The number of carbonyl (C=O) groups excluding carboxylic acids is 2. The molecule has 0 aliphatic carbocycles. The first-order valence-corrected chi connectivity index (χ1v) is 2.24. The van der Waals surface area contributed by atoms with E-state index in [1.54, 1.807) is 0 Å². The summed E-state index contributed by atoms with van der Waals surface area (Å²) in [5.41, 5.74) is 0. The van der Waals surface area contributed by atoms with Gasteiger partial charge in [-0.25, -0.2) is 0 Å². The summed E-state index contributed by atoms with van der Waals surface area (Å²) in [5, 5.41) is 35.7. The van der Waals surface area contributed by atoms with E-state index in [-0.39, 0.29) is 125 Å². The topological polar surface area (TPSA) is 247 Å². The van der Waals surface area contributed by atoms with Crippen molar-refractivity contribution in [1.29, 1.82) is 0 Å². The van der Waals surface area contributed by atoms with Crippen LogP contribution in [0.5, 0.6) is 0 Å². The Morgan fingerprint density at radius 2 is 0.875 bits per heavy atom. The van der Waals surface area contributed by atoms with Crippen LogP contribution in [0.15, 0.2) is 0 Å². The fraction of sp³-hybridized carbons (Fsp3) is 0.500. The first-order valence-electron chi connectivity index (χ1n) is 2.24. The minimum absolute atomic E-state index is 0. The Bertz CT molecular complexity index is 145. The van der Waals surface area contributed by atoms with Crippen molar-refractivity contribution in [3.8, 4) is 0 Å². The molecule has 2 unspecified atom stereocenters. The van der Waals surface area contributed by atoms with Crippen molar-refractivity contribution in [3.05, 3.63) is 0 Å². The summed E-state index contributed by atoms with van der Waals surface area (Å²) >= 11 is 0. The average Bonchev–Trinajstić information content (AvgIpc) is 1.84. The van der Waals surface area contributed by atoms with Crippen molar-refractivity contribution in [3.63, 3.8) is 0 Å². The Hall–Kier alpha value is 1.97. The van der Waals surface area contributed by atoms with Gasteiger partial charge in [0.15, 0.2) is 0 Å². The smallest absolute Gasteiger partial charge is 0.547 e. The zero-order chi connectivity index (χ0) is 8.31. The molecule has 0 amide bonds. The van der Waals surface area contributed by atoms with Crippen LogP contribution < -0.4 is 113 Å². The van der Waals surface area contributed by atoms with Crippen molar-refractivity contribution < 1.29 is 155 Å². The number of carbonyl (C=O) groups is 2. The van der Waals surface area contributed by atoms with Gasteiger partial charge in [0.25, 0.3) is 0 Å². The van der Waals surface area contributed by atoms with E-state index >= 15 is 0 Å². The van der Waals surface area contributed by atoms with Gasteiger partial charge in [-0.2, -0.15) is 0 Å². The van der Waals surface area contributed by atoms with Gasteiger partial charge in [-0.15, -0.1) is 0 Å². The Labute approximate surface area is 175 Å². The van der Waals surface area contributed by atoms with Crippen molar-refractivity contribution in [1.82, 2.24) is 0 Å². The van der Waals surface area contributed by atoms with E-state index in [4.69, 9.17) is 10.2 Å². The van der Waals surface area contributed by atoms with Gasteiger partial charge in [0.1, 0.15) is 12.2 Å². The molecule has 10 nitrogen and oxygen atoms in total. The molecule has 0 saturated carbocycles. The van der Waals surface area contributed by atoms with Crippen LogP contribution in [0.25, 0.3) is 0 Å². The maximum absolute atomic E-state index is 9.63.